The third kappa shape index (κ3) is 6.21. The second-order valence-corrected chi connectivity index (χ2v) is 4.08. The summed E-state index contributed by atoms with van der Waals surface area (Å²) in [5.74, 6) is -7.42. The number of carbonyl (C=O) groups is 2. The molecule has 0 aliphatic rings. The van der Waals surface area contributed by atoms with Crippen LogP contribution in [-0.4, -0.2) is 48.8 Å². The van der Waals surface area contributed by atoms with Gasteiger partial charge in [0.05, 0.1) is 6.61 Å². The van der Waals surface area contributed by atoms with Crippen LogP contribution in [0.5, 0.6) is 0 Å². The number of esters is 1. The van der Waals surface area contributed by atoms with E-state index in [1.807, 2.05) is 0 Å². The van der Waals surface area contributed by atoms with Gasteiger partial charge in [-0.3, -0.25) is 9.59 Å². The quantitative estimate of drug-likeness (QED) is 0.557. The number of hydrogen-bond acceptors (Lipinski definition) is 3. The molecule has 0 aliphatic heterocycles. The molecule has 0 fully saturated rings. The Labute approximate surface area is 117 Å². The van der Waals surface area contributed by atoms with Crippen LogP contribution in [0.25, 0.3) is 0 Å². The van der Waals surface area contributed by atoms with Crippen molar-refractivity contribution >= 4 is 11.9 Å². The molecule has 0 atom stereocenters. The minimum atomic E-state index is -5.78. The summed E-state index contributed by atoms with van der Waals surface area (Å²) in [5, 5.41) is 0. The number of ether oxygens (including phenoxy) is 1. The third-order valence-corrected chi connectivity index (χ3v) is 2.33. The summed E-state index contributed by atoms with van der Waals surface area (Å²) in [6, 6.07) is 0. The molecule has 0 aromatic carbocycles. The molecular formula is C11H15F6NO3. The topological polar surface area (TPSA) is 46.6 Å². The number of rotatable bonds is 6. The molecule has 0 spiro atoms. The smallest absolute Gasteiger partial charge is 0.409 e. The lowest BCUT2D eigenvalue weighted by Crippen LogP contribution is -2.51. The van der Waals surface area contributed by atoms with Crippen LogP contribution >= 0.6 is 0 Å². The van der Waals surface area contributed by atoms with Gasteiger partial charge in [0, 0.05) is 6.54 Å². The van der Waals surface area contributed by atoms with Gasteiger partial charge in [-0.1, -0.05) is 6.92 Å². The van der Waals surface area contributed by atoms with Crippen molar-refractivity contribution in [1.29, 1.82) is 0 Å². The fourth-order valence-electron chi connectivity index (χ4n) is 1.55. The van der Waals surface area contributed by atoms with E-state index in [1.54, 1.807) is 0 Å². The number of hydrogen-bond donors (Lipinski definition) is 0. The second kappa shape index (κ2) is 7.51. The van der Waals surface area contributed by atoms with Crippen LogP contribution in [-0.2, 0) is 14.3 Å². The largest absolute Gasteiger partial charge is 0.465 e. The Morgan fingerprint density at radius 1 is 1.05 bits per heavy atom. The van der Waals surface area contributed by atoms with Crippen molar-refractivity contribution in [1.82, 2.24) is 4.90 Å². The second-order valence-electron chi connectivity index (χ2n) is 4.08. The molecule has 0 radical (unpaired) electrons. The van der Waals surface area contributed by atoms with Crippen molar-refractivity contribution in [3.05, 3.63) is 0 Å². The first kappa shape index (κ1) is 19.5. The molecule has 21 heavy (non-hydrogen) atoms. The average Bonchev–Trinajstić information content (AvgIpc) is 2.24. The van der Waals surface area contributed by atoms with Crippen LogP contribution in [0, 0.1) is 5.92 Å². The highest BCUT2D eigenvalue weighted by Crippen LogP contribution is 2.40. The highest BCUT2D eigenvalue weighted by Gasteiger charge is 2.62. The summed E-state index contributed by atoms with van der Waals surface area (Å²) in [5.41, 5.74) is 0. The van der Waals surface area contributed by atoms with Crippen LogP contribution in [0.2, 0.25) is 0 Å². The summed E-state index contributed by atoms with van der Waals surface area (Å²) in [7, 11) is 0. The van der Waals surface area contributed by atoms with E-state index < -0.39 is 43.2 Å². The molecule has 0 rings (SSSR count). The molecule has 1 amide bonds. The van der Waals surface area contributed by atoms with E-state index in [9.17, 15) is 35.9 Å². The van der Waals surface area contributed by atoms with Crippen LogP contribution in [0.15, 0.2) is 0 Å². The van der Waals surface area contributed by atoms with Crippen LogP contribution < -0.4 is 0 Å². The number of alkyl halides is 6. The standard InChI is InChI=1S/C11H15F6NO3/c1-3-5-18(6-7(19)21-4-2)9(20)8(10(12,13)14)11(15,16)17/h8H,3-6H2,1-2H3. The van der Waals surface area contributed by atoms with E-state index >= 15 is 0 Å². The molecule has 0 bridgehead atoms. The first-order chi connectivity index (χ1) is 9.45. The maximum absolute atomic E-state index is 12.5. The summed E-state index contributed by atoms with van der Waals surface area (Å²) < 4.78 is 79.2. The van der Waals surface area contributed by atoms with Gasteiger partial charge in [-0.2, -0.15) is 26.3 Å². The van der Waals surface area contributed by atoms with Crippen LogP contribution in [0.1, 0.15) is 20.3 Å². The van der Waals surface area contributed by atoms with E-state index in [0.717, 1.165) is 0 Å². The fraction of sp³-hybridized carbons (Fsp3) is 0.818. The van der Waals surface area contributed by atoms with Crippen LogP contribution in [0.4, 0.5) is 26.3 Å². The monoisotopic (exact) mass is 323 g/mol. The van der Waals surface area contributed by atoms with Gasteiger partial charge in [-0.15, -0.1) is 0 Å². The molecule has 0 saturated heterocycles. The lowest BCUT2D eigenvalue weighted by molar-refractivity contribution is -0.277. The Kier molecular flexibility index (Phi) is 6.98. The molecule has 124 valence electrons. The minimum absolute atomic E-state index is 0.0909. The maximum Gasteiger partial charge on any atom is 0.409 e. The van der Waals surface area contributed by atoms with Gasteiger partial charge in [-0.05, 0) is 13.3 Å². The Hall–Kier alpha value is -1.48. The zero-order chi connectivity index (χ0) is 16.8. The fourth-order valence-corrected chi connectivity index (χ4v) is 1.55. The molecule has 0 saturated carbocycles. The van der Waals surface area contributed by atoms with Crippen molar-refractivity contribution in [3.63, 3.8) is 0 Å². The summed E-state index contributed by atoms with van der Waals surface area (Å²) >= 11 is 0. The van der Waals surface area contributed by atoms with Crippen molar-refractivity contribution in [2.24, 2.45) is 5.92 Å². The molecule has 4 nitrogen and oxygen atoms in total. The van der Waals surface area contributed by atoms with Crippen LogP contribution in [0.3, 0.4) is 0 Å². The summed E-state index contributed by atoms with van der Waals surface area (Å²) in [6.45, 7) is 1.39. The van der Waals surface area contributed by atoms with E-state index in [2.05, 4.69) is 4.74 Å². The Morgan fingerprint density at radius 2 is 1.52 bits per heavy atom. The Bertz CT molecular complexity index is 352. The number of nitrogens with zero attached hydrogens (tertiary/aromatic N) is 1. The molecule has 10 heteroatoms. The van der Waals surface area contributed by atoms with Crippen molar-refractivity contribution < 1.29 is 40.7 Å². The van der Waals surface area contributed by atoms with E-state index in [-0.39, 0.29) is 17.9 Å². The van der Waals surface area contributed by atoms with Gasteiger partial charge in [0.1, 0.15) is 6.54 Å². The first-order valence-corrected chi connectivity index (χ1v) is 6.02. The predicted molar refractivity (Wildman–Crippen MR) is 59.1 cm³/mol. The lowest BCUT2D eigenvalue weighted by Gasteiger charge is -2.28. The zero-order valence-electron chi connectivity index (χ0n) is 11.3. The van der Waals surface area contributed by atoms with E-state index in [0.29, 0.717) is 0 Å². The van der Waals surface area contributed by atoms with Gasteiger partial charge < -0.3 is 9.64 Å². The molecule has 0 aromatic rings. The van der Waals surface area contributed by atoms with Gasteiger partial charge in [-0.25, -0.2) is 0 Å². The van der Waals surface area contributed by atoms with Gasteiger partial charge >= 0.3 is 18.3 Å². The molecule has 0 N–H and O–H groups in total. The van der Waals surface area contributed by atoms with Gasteiger partial charge in [0.25, 0.3) is 0 Å². The highest BCUT2D eigenvalue weighted by atomic mass is 19.4. The van der Waals surface area contributed by atoms with Crippen molar-refractivity contribution in [3.8, 4) is 0 Å². The van der Waals surface area contributed by atoms with E-state index in [4.69, 9.17) is 0 Å². The lowest BCUT2D eigenvalue weighted by atomic mass is 10.1. The molecule has 0 unspecified atom stereocenters. The van der Waals surface area contributed by atoms with Gasteiger partial charge in [0.2, 0.25) is 11.8 Å². The summed E-state index contributed by atoms with van der Waals surface area (Å²) in [6.07, 6.45) is -11.5. The third-order valence-electron chi connectivity index (χ3n) is 2.33. The van der Waals surface area contributed by atoms with Gasteiger partial charge in [0.15, 0.2) is 0 Å². The highest BCUT2D eigenvalue weighted by molar-refractivity contribution is 5.84. The molecule has 0 aliphatic carbocycles. The number of amides is 1. The molecule has 0 aromatic heterocycles. The molecule has 0 heterocycles. The first-order valence-electron chi connectivity index (χ1n) is 6.02. The van der Waals surface area contributed by atoms with E-state index in [1.165, 1.54) is 13.8 Å². The summed E-state index contributed by atoms with van der Waals surface area (Å²) in [4.78, 5) is 22.9. The van der Waals surface area contributed by atoms with Crippen molar-refractivity contribution in [2.75, 3.05) is 19.7 Å². The number of carbonyl (C=O) groups excluding carboxylic acids is 2. The zero-order valence-corrected chi connectivity index (χ0v) is 11.3. The average molecular weight is 323 g/mol. The van der Waals surface area contributed by atoms with Crippen molar-refractivity contribution in [2.45, 2.75) is 32.6 Å². The Morgan fingerprint density at radius 3 is 1.86 bits per heavy atom. The SMILES string of the molecule is CCCN(CC(=O)OCC)C(=O)C(C(F)(F)F)C(F)(F)F. The maximum atomic E-state index is 12.5. The molecular weight excluding hydrogens is 308 g/mol. The normalized spacial score (nSPS) is 12.4. The minimum Gasteiger partial charge on any atom is -0.465 e. The number of halogens is 6. The Balaban J connectivity index is 5.28. The predicted octanol–water partition coefficient (Wildman–Crippen LogP) is 2.53.